The van der Waals surface area contributed by atoms with Gasteiger partial charge in [0.15, 0.2) is 9.84 Å². The van der Waals surface area contributed by atoms with Crippen molar-refractivity contribution >= 4 is 33.2 Å². The largest absolute Gasteiger partial charge is 0.388 e. The fourth-order valence-corrected chi connectivity index (χ4v) is 5.23. The van der Waals surface area contributed by atoms with Crippen LogP contribution in [-0.2, 0) is 9.84 Å². The number of carbonyl (C=O) groups excluding carboxylic acids is 1. The molecule has 1 heterocycles. The topological polar surface area (TPSA) is 66.5 Å². The molecule has 0 aromatic heterocycles. The summed E-state index contributed by atoms with van der Waals surface area (Å²) in [4.78, 5) is 14.1. The molecule has 0 radical (unpaired) electrons. The summed E-state index contributed by atoms with van der Waals surface area (Å²) >= 11 is 1.57. The Kier molecular flexibility index (Phi) is 4.83. The van der Waals surface area contributed by atoms with Gasteiger partial charge in [-0.1, -0.05) is 0 Å². The molecule has 1 saturated heterocycles. The molecule has 21 heavy (non-hydrogen) atoms. The summed E-state index contributed by atoms with van der Waals surface area (Å²) in [5.41, 5.74) is 2.46. The number of anilines is 1. The van der Waals surface area contributed by atoms with Crippen molar-refractivity contribution < 1.29 is 13.2 Å². The molecule has 1 aliphatic heterocycles. The van der Waals surface area contributed by atoms with E-state index < -0.39 is 15.2 Å². The summed E-state index contributed by atoms with van der Waals surface area (Å²) in [5, 5.41) is 2.32. The summed E-state index contributed by atoms with van der Waals surface area (Å²) < 4.78 is 23.8. The smallest absolute Gasteiger partial charge is 0.254 e. The highest BCUT2D eigenvalue weighted by molar-refractivity contribution is 8.00. The Morgan fingerprint density at radius 1 is 1.43 bits per heavy atom. The normalized spacial score (nSPS) is 19.4. The van der Waals surface area contributed by atoms with Gasteiger partial charge >= 0.3 is 0 Å². The molecule has 1 aromatic rings. The van der Waals surface area contributed by atoms with E-state index in [9.17, 15) is 13.2 Å². The van der Waals surface area contributed by atoms with E-state index in [0.717, 1.165) is 17.0 Å². The van der Waals surface area contributed by atoms with Crippen LogP contribution in [0.5, 0.6) is 0 Å². The maximum atomic E-state index is 12.6. The number of aryl methyl sites for hydroxylation is 1. The Balaban J connectivity index is 2.31. The molecule has 0 saturated carbocycles. The molecule has 7 heteroatoms. The van der Waals surface area contributed by atoms with E-state index in [-0.39, 0.29) is 5.91 Å². The van der Waals surface area contributed by atoms with Gasteiger partial charge in [0, 0.05) is 42.6 Å². The van der Waals surface area contributed by atoms with Crippen LogP contribution in [0.4, 0.5) is 5.69 Å². The SMILES string of the molecule is CNc1ccc(C(=O)N2CCSCC2S(C)(=O)=O)cc1C. The molecule has 5 nitrogen and oxygen atoms in total. The number of amides is 1. The Labute approximate surface area is 130 Å². The van der Waals surface area contributed by atoms with Crippen LogP contribution in [0.15, 0.2) is 18.2 Å². The van der Waals surface area contributed by atoms with E-state index >= 15 is 0 Å². The van der Waals surface area contributed by atoms with E-state index in [1.807, 2.05) is 20.0 Å². The third kappa shape index (κ3) is 3.52. The number of hydrogen-bond acceptors (Lipinski definition) is 5. The summed E-state index contributed by atoms with van der Waals surface area (Å²) in [7, 11) is -1.45. The molecule has 1 fully saturated rings. The number of carbonyl (C=O) groups is 1. The van der Waals surface area contributed by atoms with Gasteiger partial charge in [-0.25, -0.2) is 8.42 Å². The first-order valence-corrected chi connectivity index (χ1v) is 9.81. The first kappa shape index (κ1) is 16.2. The fraction of sp³-hybridized carbons (Fsp3) is 0.500. The Morgan fingerprint density at radius 2 is 2.14 bits per heavy atom. The van der Waals surface area contributed by atoms with E-state index in [2.05, 4.69) is 5.32 Å². The predicted molar refractivity (Wildman–Crippen MR) is 87.7 cm³/mol. The van der Waals surface area contributed by atoms with E-state index in [1.54, 1.807) is 23.9 Å². The minimum atomic E-state index is -3.28. The quantitative estimate of drug-likeness (QED) is 0.913. The average Bonchev–Trinajstić information content (AvgIpc) is 2.45. The van der Waals surface area contributed by atoms with Crippen molar-refractivity contribution in [3.63, 3.8) is 0 Å². The second kappa shape index (κ2) is 6.27. The van der Waals surface area contributed by atoms with Crippen LogP contribution in [0.2, 0.25) is 0 Å². The van der Waals surface area contributed by atoms with Crippen LogP contribution in [0.25, 0.3) is 0 Å². The predicted octanol–water partition coefficient (Wildman–Crippen LogP) is 1.60. The van der Waals surface area contributed by atoms with Gasteiger partial charge in [0.1, 0.15) is 5.37 Å². The molecule has 1 amide bonds. The highest BCUT2D eigenvalue weighted by Crippen LogP contribution is 2.24. The summed E-state index contributed by atoms with van der Waals surface area (Å²) in [5.74, 6) is 1.00. The second-order valence-corrected chi connectivity index (χ2v) is 8.49. The third-order valence-corrected chi connectivity index (χ3v) is 6.23. The lowest BCUT2D eigenvalue weighted by molar-refractivity contribution is 0.0749. The van der Waals surface area contributed by atoms with Crippen LogP contribution >= 0.6 is 11.8 Å². The molecule has 1 N–H and O–H groups in total. The van der Waals surface area contributed by atoms with E-state index in [0.29, 0.717) is 17.9 Å². The zero-order valence-electron chi connectivity index (χ0n) is 12.4. The molecule has 1 unspecified atom stereocenters. The monoisotopic (exact) mass is 328 g/mol. The minimum absolute atomic E-state index is 0.212. The molecular formula is C14H20N2O3S2. The van der Waals surface area contributed by atoms with Gasteiger partial charge in [0.05, 0.1) is 0 Å². The molecule has 1 aromatic carbocycles. The van der Waals surface area contributed by atoms with Crippen molar-refractivity contribution in [1.82, 2.24) is 4.90 Å². The highest BCUT2D eigenvalue weighted by Gasteiger charge is 2.34. The Hall–Kier alpha value is -1.21. The lowest BCUT2D eigenvalue weighted by Crippen LogP contribution is -2.49. The highest BCUT2D eigenvalue weighted by atomic mass is 32.2. The lowest BCUT2D eigenvalue weighted by Gasteiger charge is -2.34. The molecule has 0 spiro atoms. The molecule has 2 rings (SSSR count). The molecular weight excluding hydrogens is 308 g/mol. The number of nitrogens with one attached hydrogen (secondary N) is 1. The van der Waals surface area contributed by atoms with Crippen molar-refractivity contribution in [2.24, 2.45) is 0 Å². The van der Waals surface area contributed by atoms with E-state index in [4.69, 9.17) is 0 Å². The number of nitrogens with zero attached hydrogens (tertiary/aromatic N) is 1. The third-order valence-electron chi connectivity index (χ3n) is 3.58. The van der Waals surface area contributed by atoms with Gasteiger partial charge in [-0.15, -0.1) is 0 Å². The second-order valence-electron chi connectivity index (χ2n) is 5.14. The van der Waals surface area contributed by atoms with Crippen LogP contribution in [0.1, 0.15) is 15.9 Å². The van der Waals surface area contributed by atoms with Crippen LogP contribution < -0.4 is 5.32 Å². The van der Waals surface area contributed by atoms with Gasteiger partial charge in [-0.05, 0) is 30.7 Å². The lowest BCUT2D eigenvalue weighted by atomic mass is 10.1. The molecule has 0 aliphatic carbocycles. The number of rotatable bonds is 3. The number of sulfone groups is 1. The van der Waals surface area contributed by atoms with Gasteiger partial charge in [-0.2, -0.15) is 11.8 Å². The Bertz CT molecular complexity index is 644. The standard InChI is InChI=1S/C14H20N2O3S2/c1-10-8-11(4-5-12(10)15-2)14(17)16-6-7-20-9-13(16)21(3,18)19/h4-5,8,13,15H,6-7,9H2,1-3H3. The maximum absolute atomic E-state index is 12.6. The summed E-state index contributed by atoms with van der Waals surface area (Å²) in [6.07, 6.45) is 1.19. The summed E-state index contributed by atoms with van der Waals surface area (Å²) in [6, 6.07) is 5.38. The van der Waals surface area contributed by atoms with Crippen molar-refractivity contribution in [2.45, 2.75) is 12.3 Å². The Morgan fingerprint density at radius 3 is 2.71 bits per heavy atom. The average molecular weight is 328 g/mol. The first-order valence-electron chi connectivity index (χ1n) is 6.70. The van der Waals surface area contributed by atoms with Crippen molar-refractivity contribution in [1.29, 1.82) is 0 Å². The van der Waals surface area contributed by atoms with Crippen LogP contribution in [0.3, 0.4) is 0 Å². The van der Waals surface area contributed by atoms with Crippen molar-refractivity contribution in [2.75, 3.05) is 36.7 Å². The first-order chi connectivity index (χ1) is 9.84. The number of benzene rings is 1. The molecule has 116 valence electrons. The molecule has 1 aliphatic rings. The van der Waals surface area contributed by atoms with Crippen LogP contribution in [-0.4, -0.2) is 56.0 Å². The van der Waals surface area contributed by atoms with Gasteiger partial charge in [0.2, 0.25) is 0 Å². The summed E-state index contributed by atoms with van der Waals surface area (Å²) in [6.45, 7) is 2.39. The van der Waals surface area contributed by atoms with Gasteiger partial charge in [0.25, 0.3) is 5.91 Å². The van der Waals surface area contributed by atoms with Crippen molar-refractivity contribution in [3.05, 3.63) is 29.3 Å². The number of thioether (sulfide) groups is 1. The van der Waals surface area contributed by atoms with E-state index in [1.165, 1.54) is 11.2 Å². The van der Waals surface area contributed by atoms with Gasteiger partial charge in [-0.3, -0.25) is 4.79 Å². The molecule has 0 bridgehead atoms. The zero-order chi connectivity index (χ0) is 15.6. The van der Waals surface area contributed by atoms with Crippen molar-refractivity contribution in [3.8, 4) is 0 Å². The number of hydrogen-bond donors (Lipinski definition) is 1. The zero-order valence-corrected chi connectivity index (χ0v) is 14.1. The minimum Gasteiger partial charge on any atom is -0.388 e. The van der Waals surface area contributed by atoms with Gasteiger partial charge < -0.3 is 10.2 Å². The fourth-order valence-electron chi connectivity index (χ4n) is 2.41. The maximum Gasteiger partial charge on any atom is 0.254 e. The molecule has 1 atom stereocenters. The van der Waals surface area contributed by atoms with Crippen LogP contribution in [0, 0.1) is 6.92 Å².